The SMILES string of the molecule is COCC(=O)NCC1(O)CCCCCC1. The summed E-state index contributed by atoms with van der Waals surface area (Å²) in [5.41, 5.74) is -0.695. The smallest absolute Gasteiger partial charge is 0.246 e. The molecular weight excluding hydrogens is 194 g/mol. The van der Waals surface area contributed by atoms with E-state index in [1.807, 2.05) is 0 Å². The molecule has 0 unspecified atom stereocenters. The van der Waals surface area contributed by atoms with E-state index in [9.17, 15) is 9.90 Å². The van der Waals surface area contributed by atoms with Crippen molar-refractivity contribution < 1.29 is 14.6 Å². The van der Waals surface area contributed by atoms with Gasteiger partial charge < -0.3 is 15.2 Å². The highest BCUT2D eigenvalue weighted by molar-refractivity contribution is 5.77. The van der Waals surface area contributed by atoms with Gasteiger partial charge in [0.25, 0.3) is 0 Å². The summed E-state index contributed by atoms with van der Waals surface area (Å²) in [7, 11) is 1.49. The third kappa shape index (κ3) is 4.62. The van der Waals surface area contributed by atoms with Gasteiger partial charge in [0, 0.05) is 13.7 Å². The summed E-state index contributed by atoms with van der Waals surface area (Å²) >= 11 is 0. The van der Waals surface area contributed by atoms with E-state index in [4.69, 9.17) is 4.74 Å². The van der Waals surface area contributed by atoms with E-state index in [0.29, 0.717) is 6.54 Å². The Kier molecular flexibility index (Phi) is 5.05. The molecule has 1 amide bonds. The quantitative estimate of drug-likeness (QED) is 0.683. The zero-order valence-electron chi connectivity index (χ0n) is 9.42. The number of aliphatic hydroxyl groups is 1. The molecule has 0 spiro atoms. The number of carbonyl (C=O) groups is 1. The van der Waals surface area contributed by atoms with Crippen molar-refractivity contribution in [3.8, 4) is 0 Å². The first-order valence-electron chi connectivity index (χ1n) is 5.64. The van der Waals surface area contributed by atoms with E-state index in [1.54, 1.807) is 0 Å². The maximum atomic E-state index is 11.2. The van der Waals surface area contributed by atoms with Crippen LogP contribution < -0.4 is 5.32 Å². The second kappa shape index (κ2) is 6.08. The number of methoxy groups -OCH3 is 1. The van der Waals surface area contributed by atoms with Gasteiger partial charge in [0.15, 0.2) is 0 Å². The van der Waals surface area contributed by atoms with Crippen LogP contribution >= 0.6 is 0 Å². The zero-order chi connectivity index (χ0) is 11.1. The van der Waals surface area contributed by atoms with E-state index in [1.165, 1.54) is 20.0 Å². The molecule has 2 N–H and O–H groups in total. The van der Waals surface area contributed by atoms with Crippen molar-refractivity contribution >= 4 is 5.91 Å². The Balaban J connectivity index is 2.30. The lowest BCUT2D eigenvalue weighted by molar-refractivity contribution is -0.126. The minimum atomic E-state index is -0.695. The molecule has 0 radical (unpaired) electrons. The molecule has 0 aromatic carbocycles. The van der Waals surface area contributed by atoms with E-state index >= 15 is 0 Å². The van der Waals surface area contributed by atoms with Crippen LogP contribution in [0.15, 0.2) is 0 Å². The molecule has 0 atom stereocenters. The highest BCUT2D eigenvalue weighted by Crippen LogP contribution is 2.26. The molecule has 0 bridgehead atoms. The van der Waals surface area contributed by atoms with Crippen LogP contribution in [0.4, 0.5) is 0 Å². The minimum Gasteiger partial charge on any atom is -0.388 e. The van der Waals surface area contributed by atoms with Gasteiger partial charge in [0.05, 0.1) is 5.60 Å². The number of rotatable bonds is 4. The molecule has 1 fully saturated rings. The zero-order valence-corrected chi connectivity index (χ0v) is 9.42. The summed E-state index contributed by atoms with van der Waals surface area (Å²) in [6.45, 7) is 0.422. The fraction of sp³-hybridized carbons (Fsp3) is 0.909. The normalized spacial score (nSPS) is 20.7. The summed E-state index contributed by atoms with van der Waals surface area (Å²) in [5.74, 6) is -0.157. The van der Waals surface area contributed by atoms with Crippen molar-refractivity contribution in [2.24, 2.45) is 0 Å². The highest BCUT2D eigenvalue weighted by atomic mass is 16.5. The van der Waals surface area contributed by atoms with Crippen LogP contribution in [0.3, 0.4) is 0 Å². The topological polar surface area (TPSA) is 58.6 Å². The first-order chi connectivity index (χ1) is 7.16. The Morgan fingerprint density at radius 2 is 1.93 bits per heavy atom. The lowest BCUT2D eigenvalue weighted by atomic mass is 9.94. The van der Waals surface area contributed by atoms with Crippen LogP contribution in [0.2, 0.25) is 0 Å². The van der Waals surface area contributed by atoms with Crippen molar-refractivity contribution in [2.45, 2.75) is 44.1 Å². The van der Waals surface area contributed by atoms with Gasteiger partial charge in [-0.25, -0.2) is 0 Å². The lowest BCUT2D eigenvalue weighted by Crippen LogP contribution is -2.43. The molecule has 1 aliphatic carbocycles. The Labute approximate surface area is 91.0 Å². The number of hydrogen-bond donors (Lipinski definition) is 2. The second-order valence-electron chi connectivity index (χ2n) is 4.35. The van der Waals surface area contributed by atoms with E-state index in [2.05, 4.69) is 5.32 Å². The number of nitrogens with one attached hydrogen (secondary N) is 1. The van der Waals surface area contributed by atoms with Crippen LogP contribution in [0.5, 0.6) is 0 Å². The molecule has 1 rings (SSSR count). The van der Waals surface area contributed by atoms with Gasteiger partial charge in [-0.05, 0) is 12.8 Å². The standard InChI is InChI=1S/C11H21NO3/c1-15-8-10(13)12-9-11(14)6-4-2-3-5-7-11/h14H,2-9H2,1H3,(H,12,13). The van der Waals surface area contributed by atoms with Crippen LogP contribution in [-0.2, 0) is 9.53 Å². The van der Waals surface area contributed by atoms with E-state index in [0.717, 1.165) is 25.7 Å². The summed E-state index contributed by atoms with van der Waals surface area (Å²) in [6.07, 6.45) is 6.07. The number of hydrogen-bond acceptors (Lipinski definition) is 3. The van der Waals surface area contributed by atoms with Crippen molar-refractivity contribution in [1.82, 2.24) is 5.32 Å². The van der Waals surface area contributed by atoms with Crippen LogP contribution in [0, 0.1) is 0 Å². The number of amides is 1. The Hall–Kier alpha value is -0.610. The summed E-state index contributed by atoms with van der Waals surface area (Å²) in [5, 5.41) is 12.9. The molecule has 0 aromatic rings. The molecular formula is C11H21NO3. The minimum absolute atomic E-state index is 0.0656. The molecule has 88 valence electrons. The molecule has 4 heteroatoms. The first-order valence-corrected chi connectivity index (χ1v) is 5.64. The van der Waals surface area contributed by atoms with Gasteiger partial charge in [0.1, 0.15) is 6.61 Å². The molecule has 0 aliphatic heterocycles. The predicted molar refractivity (Wildman–Crippen MR) is 57.5 cm³/mol. The van der Waals surface area contributed by atoms with E-state index in [-0.39, 0.29) is 12.5 Å². The Bertz CT molecular complexity index is 198. The predicted octanol–water partition coefficient (Wildman–Crippen LogP) is 0.834. The van der Waals surface area contributed by atoms with Crippen LogP contribution in [0.1, 0.15) is 38.5 Å². The number of ether oxygens (including phenoxy) is 1. The van der Waals surface area contributed by atoms with Crippen LogP contribution in [-0.4, -0.2) is 36.9 Å². The maximum absolute atomic E-state index is 11.2. The van der Waals surface area contributed by atoms with Crippen molar-refractivity contribution in [2.75, 3.05) is 20.3 Å². The van der Waals surface area contributed by atoms with Crippen molar-refractivity contribution in [1.29, 1.82) is 0 Å². The average Bonchev–Trinajstić information content (AvgIpc) is 2.42. The third-order valence-corrected chi connectivity index (χ3v) is 2.92. The van der Waals surface area contributed by atoms with Gasteiger partial charge in [-0.3, -0.25) is 4.79 Å². The lowest BCUT2D eigenvalue weighted by Gasteiger charge is -2.26. The summed E-state index contributed by atoms with van der Waals surface area (Å²) in [4.78, 5) is 11.2. The van der Waals surface area contributed by atoms with Gasteiger partial charge in [0.2, 0.25) is 5.91 Å². The summed E-state index contributed by atoms with van der Waals surface area (Å²) in [6, 6.07) is 0. The fourth-order valence-electron chi connectivity index (χ4n) is 2.01. The largest absolute Gasteiger partial charge is 0.388 e. The molecule has 15 heavy (non-hydrogen) atoms. The van der Waals surface area contributed by atoms with Crippen molar-refractivity contribution in [3.05, 3.63) is 0 Å². The van der Waals surface area contributed by atoms with Gasteiger partial charge in [-0.1, -0.05) is 25.7 Å². The number of carbonyl (C=O) groups excluding carboxylic acids is 1. The van der Waals surface area contributed by atoms with Crippen molar-refractivity contribution in [3.63, 3.8) is 0 Å². The maximum Gasteiger partial charge on any atom is 0.246 e. The second-order valence-corrected chi connectivity index (χ2v) is 4.35. The molecule has 4 nitrogen and oxygen atoms in total. The Morgan fingerprint density at radius 3 is 2.47 bits per heavy atom. The van der Waals surface area contributed by atoms with E-state index < -0.39 is 5.60 Å². The third-order valence-electron chi connectivity index (χ3n) is 2.92. The molecule has 0 aromatic heterocycles. The molecule has 1 aliphatic rings. The monoisotopic (exact) mass is 215 g/mol. The molecule has 0 saturated heterocycles. The molecule has 1 saturated carbocycles. The van der Waals surface area contributed by atoms with Gasteiger partial charge in [-0.15, -0.1) is 0 Å². The highest BCUT2D eigenvalue weighted by Gasteiger charge is 2.28. The Morgan fingerprint density at radius 1 is 1.33 bits per heavy atom. The molecule has 0 heterocycles. The fourth-order valence-corrected chi connectivity index (χ4v) is 2.01. The van der Waals surface area contributed by atoms with Gasteiger partial charge >= 0.3 is 0 Å². The first kappa shape index (κ1) is 12.5. The summed E-state index contributed by atoms with van der Waals surface area (Å²) < 4.78 is 4.71. The van der Waals surface area contributed by atoms with Gasteiger partial charge in [-0.2, -0.15) is 0 Å². The van der Waals surface area contributed by atoms with Crippen LogP contribution in [0.25, 0.3) is 0 Å². The average molecular weight is 215 g/mol.